The van der Waals surface area contributed by atoms with Gasteiger partial charge in [0, 0.05) is 0 Å². The van der Waals surface area contributed by atoms with E-state index >= 15 is 0 Å². The Morgan fingerprint density at radius 2 is 1.94 bits per heavy atom. The fraction of sp³-hybridized carbons (Fsp3) is 1.00. The highest BCUT2D eigenvalue weighted by atomic mass is 16.5. The van der Waals surface area contributed by atoms with Crippen LogP contribution in [0, 0.1) is 17.8 Å². The van der Waals surface area contributed by atoms with E-state index in [1.807, 2.05) is 6.92 Å². The highest BCUT2D eigenvalue weighted by Crippen LogP contribution is 2.43. The summed E-state index contributed by atoms with van der Waals surface area (Å²) >= 11 is 0. The Morgan fingerprint density at radius 1 is 1.31 bits per heavy atom. The number of aliphatic hydroxyl groups is 1. The first-order valence-electron chi connectivity index (χ1n) is 6.67. The highest BCUT2D eigenvalue weighted by molar-refractivity contribution is 4.92. The van der Waals surface area contributed by atoms with Crippen molar-refractivity contribution in [1.29, 1.82) is 0 Å². The lowest BCUT2D eigenvalue weighted by Gasteiger charge is -2.47. The maximum atomic E-state index is 9.15. The molecule has 0 bridgehead atoms. The molecule has 1 saturated carbocycles. The third-order valence-corrected chi connectivity index (χ3v) is 4.04. The fourth-order valence-corrected chi connectivity index (χ4v) is 3.39. The minimum absolute atomic E-state index is 0.0449. The zero-order valence-electron chi connectivity index (χ0n) is 11.5. The minimum atomic E-state index is -0.0476. The summed E-state index contributed by atoms with van der Waals surface area (Å²) in [6.07, 6.45) is 3.65. The molecule has 96 valence electrons. The first-order valence-corrected chi connectivity index (χ1v) is 6.67. The largest absolute Gasteiger partial charge is 0.394 e. The molecule has 0 amide bonds. The number of hydrogen-bond acceptors (Lipinski definition) is 2. The van der Waals surface area contributed by atoms with Crippen molar-refractivity contribution >= 4 is 0 Å². The molecular formula is C14H28O2. The van der Waals surface area contributed by atoms with Crippen molar-refractivity contribution in [1.82, 2.24) is 0 Å². The second kappa shape index (κ2) is 5.50. The highest BCUT2D eigenvalue weighted by Gasteiger charge is 2.42. The zero-order chi connectivity index (χ0) is 12.3. The summed E-state index contributed by atoms with van der Waals surface area (Å²) in [4.78, 5) is 0. The topological polar surface area (TPSA) is 29.5 Å². The molecule has 0 aliphatic heterocycles. The summed E-state index contributed by atoms with van der Waals surface area (Å²) in [6.45, 7) is 11.2. The molecule has 4 atom stereocenters. The van der Waals surface area contributed by atoms with Crippen LogP contribution in [0.5, 0.6) is 0 Å². The van der Waals surface area contributed by atoms with Crippen LogP contribution in [0.1, 0.15) is 53.9 Å². The molecule has 0 heterocycles. The quantitative estimate of drug-likeness (QED) is 0.800. The van der Waals surface area contributed by atoms with Crippen molar-refractivity contribution in [2.75, 3.05) is 6.61 Å². The molecule has 1 aliphatic carbocycles. The van der Waals surface area contributed by atoms with E-state index in [-0.39, 0.29) is 18.3 Å². The van der Waals surface area contributed by atoms with Gasteiger partial charge in [-0.25, -0.2) is 0 Å². The third kappa shape index (κ3) is 3.21. The van der Waals surface area contributed by atoms with Crippen LogP contribution in [-0.4, -0.2) is 23.4 Å². The van der Waals surface area contributed by atoms with E-state index in [0.29, 0.717) is 11.8 Å². The molecule has 2 nitrogen and oxygen atoms in total. The summed E-state index contributed by atoms with van der Waals surface area (Å²) in [7, 11) is 0. The monoisotopic (exact) mass is 228 g/mol. The van der Waals surface area contributed by atoms with Crippen molar-refractivity contribution in [2.24, 2.45) is 17.8 Å². The lowest BCUT2D eigenvalue weighted by Crippen LogP contribution is -2.47. The number of hydrogen-bond donors (Lipinski definition) is 1. The van der Waals surface area contributed by atoms with E-state index in [4.69, 9.17) is 9.84 Å². The lowest BCUT2D eigenvalue weighted by molar-refractivity contribution is -0.157. The Morgan fingerprint density at radius 3 is 2.44 bits per heavy atom. The van der Waals surface area contributed by atoms with Gasteiger partial charge in [0.25, 0.3) is 0 Å². The van der Waals surface area contributed by atoms with Crippen molar-refractivity contribution in [3.63, 3.8) is 0 Å². The summed E-state index contributed by atoms with van der Waals surface area (Å²) < 4.78 is 6.12. The summed E-state index contributed by atoms with van der Waals surface area (Å²) in [5.74, 6) is 2.02. The van der Waals surface area contributed by atoms with E-state index in [0.717, 1.165) is 12.3 Å². The van der Waals surface area contributed by atoms with Gasteiger partial charge in [0.1, 0.15) is 0 Å². The SMILES string of the molecule is CC1CCC(C(C)C)C(C)(OC(C)CO)C1. The van der Waals surface area contributed by atoms with E-state index in [1.54, 1.807) is 0 Å². The summed E-state index contributed by atoms with van der Waals surface area (Å²) in [5.41, 5.74) is -0.0476. The Hall–Kier alpha value is -0.0800. The molecule has 1 fully saturated rings. The molecule has 0 saturated heterocycles. The van der Waals surface area contributed by atoms with Gasteiger partial charge in [0.15, 0.2) is 0 Å². The molecule has 1 rings (SSSR count). The van der Waals surface area contributed by atoms with Crippen LogP contribution >= 0.6 is 0 Å². The van der Waals surface area contributed by atoms with Gasteiger partial charge in [-0.3, -0.25) is 0 Å². The summed E-state index contributed by atoms with van der Waals surface area (Å²) in [5, 5.41) is 9.15. The first-order chi connectivity index (χ1) is 7.39. The van der Waals surface area contributed by atoms with Crippen LogP contribution in [-0.2, 0) is 4.74 Å². The molecule has 0 aromatic rings. The molecule has 0 aromatic heterocycles. The van der Waals surface area contributed by atoms with E-state index in [1.165, 1.54) is 12.8 Å². The summed E-state index contributed by atoms with van der Waals surface area (Å²) in [6, 6.07) is 0. The Balaban J connectivity index is 2.75. The first kappa shape index (κ1) is 14.0. The van der Waals surface area contributed by atoms with Gasteiger partial charge in [0.2, 0.25) is 0 Å². The smallest absolute Gasteiger partial charge is 0.0785 e. The van der Waals surface area contributed by atoms with Crippen LogP contribution in [0.25, 0.3) is 0 Å². The molecule has 1 aliphatic rings. The van der Waals surface area contributed by atoms with Gasteiger partial charge < -0.3 is 9.84 Å². The molecule has 2 heteroatoms. The van der Waals surface area contributed by atoms with Crippen LogP contribution in [0.3, 0.4) is 0 Å². The molecule has 1 N–H and O–H groups in total. The third-order valence-electron chi connectivity index (χ3n) is 4.04. The molecule has 4 unspecified atom stereocenters. The molecule has 16 heavy (non-hydrogen) atoms. The standard InChI is InChI=1S/C14H28O2/c1-10(2)13-7-6-11(3)8-14(13,5)16-12(4)9-15/h10-13,15H,6-9H2,1-5H3. The zero-order valence-corrected chi connectivity index (χ0v) is 11.5. The van der Waals surface area contributed by atoms with Gasteiger partial charge in [-0.2, -0.15) is 0 Å². The maximum absolute atomic E-state index is 9.15. The van der Waals surface area contributed by atoms with Gasteiger partial charge >= 0.3 is 0 Å². The predicted molar refractivity (Wildman–Crippen MR) is 67.4 cm³/mol. The van der Waals surface area contributed by atoms with Gasteiger partial charge in [0.05, 0.1) is 18.3 Å². The second-order valence-electron chi connectivity index (χ2n) is 6.16. The van der Waals surface area contributed by atoms with Crippen molar-refractivity contribution < 1.29 is 9.84 Å². The van der Waals surface area contributed by atoms with Crippen molar-refractivity contribution in [3.05, 3.63) is 0 Å². The average molecular weight is 228 g/mol. The van der Waals surface area contributed by atoms with Gasteiger partial charge in [-0.15, -0.1) is 0 Å². The number of ether oxygens (including phenoxy) is 1. The van der Waals surface area contributed by atoms with Gasteiger partial charge in [-0.05, 0) is 44.4 Å². The van der Waals surface area contributed by atoms with Crippen LogP contribution in [0.15, 0.2) is 0 Å². The molecule has 0 aromatic carbocycles. The Bertz CT molecular complexity index is 215. The van der Waals surface area contributed by atoms with Crippen molar-refractivity contribution in [3.8, 4) is 0 Å². The van der Waals surface area contributed by atoms with Crippen LogP contribution < -0.4 is 0 Å². The van der Waals surface area contributed by atoms with Crippen LogP contribution in [0.2, 0.25) is 0 Å². The van der Waals surface area contributed by atoms with E-state index in [9.17, 15) is 0 Å². The van der Waals surface area contributed by atoms with Crippen molar-refractivity contribution in [2.45, 2.75) is 65.6 Å². The van der Waals surface area contributed by atoms with E-state index in [2.05, 4.69) is 27.7 Å². The van der Waals surface area contributed by atoms with Gasteiger partial charge in [-0.1, -0.05) is 27.2 Å². The Kier molecular flexibility index (Phi) is 4.81. The van der Waals surface area contributed by atoms with Crippen LogP contribution in [0.4, 0.5) is 0 Å². The maximum Gasteiger partial charge on any atom is 0.0785 e. The second-order valence-corrected chi connectivity index (χ2v) is 6.16. The Labute approximate surface area is 100 Å². The van der Waals surface area contributed by atoms with E-state index < -0.39 is 0 Å². The lowest BCUT2D eigenvalue weighted by atomic mass is 9.67. The number of aliphatic hydroxyl groups excluding tert-OH is 1. The average Bonchev–Trinajstić information content (AvgIpc) is 2.15. The molecule has 0 radical (unpaired) electrons. The predicted octanol–water partition coefficient (Wildman–Crippen LogP) is 3.23. The fourth-order valence-electron chi connectivity index (χ4n) is 3.39. The number of rotatable bonds is 4. The molecule has 0 spiro atoms. The normalized spacial score (nSPS) is 37.7. The minimum Gasteiger partial charge on any atom is -0.394 e. The molecular weight excluding hydrogens is 200 g/mol.